The van der Waals surface area contributed by atoms with Gasteiger partial charge in [-0.25, -0.2) is 8.42 Å². The molecule has 9 nitrogen and oxygen atoms in total. The normalized spacial score (nSPS) is 16.1. The van der Waals surface area contributed by atoms with E-state index in [-0.39, 0.29) is 30.4 Å². The third-order valence-electron chi connectivity index (χ3n) is 4.98. The van der Waals surface area contributed by atoms with Gasteiger partial charge in [-0.3, -0.25) is 14.2 Å². The molecule has 0 aromatic carbocycles. The van der Waals surface area contributed by atoms with Gasteiger partial charge in [-0.1, -0.05) is 11.6 Å². The zero-order valence-electron chi connectivity index (χ0n) is 15.8. The molecule has 11 heteroatoms. The first-order valence-corrected chi connectivity index (χ1v) is 10.4. The van der Waals surface area contributed by atoms with Crippen molar-refractivity contribution in [2.45, 2.75) is 32.2 Å². The number of rotatable bonds is 4. The molecule has 2 aromatic rings. The quantitative estimate of drug-likeness (QED) is 0.735. The average molecular weight is 415 g/mol. The van der Waals surface area contributed by atoms with E-state index in [1.54, 1.807) is 30.5 Å². The molecule has 1 amide bonds. The molecule has 1 fully saturated rings. The number of carbonyl (C=O) groups is 1. The SMILES string of the molecule is Cc1nn(CC(=O)N2CCN(S(=O)(=O)c3cnn(C)c3C)CC2)c(C)c1Cl. The summed E-state index contributed by atoms with van der Waals surface area (Å²) in [7, 11) is -1.91. The highest BCUT2D eigenvalue weighted by Crippen LogP contribution is 2.21. The number of halogens is 1. The van der Waals surface area contributed by atoms with Crippen LogP contribution in [0.4, 0.5) is 0 Å². The fourth-order valence-corrected chi connectivity index (χ4v) is 4.85. The van der Waals surface area contributed by atoms with E-state index in [9.17, 15) is 13.2 Å². The number of hydrogen-bond acceptors (Lipinski definition) is 5. The standard InChI is InChI=1S/C16H23ClN6O3S/c1-11-16(17)13(3)23(19-11)10-15(24)21-5-7-22(8-6-21)27(25,26)14-9-18-20(4)12(14)2/h9H,5-8,10H2,1-4H3. The summed E-state index contributed by atoms with van der Waals surface area (Å²) in [6.07, 6.45) is 1.37. The molecule has 1 aliphatic rings. The monoisotopic (exact) mass is 414 g/mol. The lowest BCUT2D eigenvalue weighted by Crippen LogP contribution is -2.51. The molecule has 2 aromatic heterocycles. The molecular formula is C16H23ClN6O3S. The van der Waals surface area contributed by atoms with Crippen LogP contribution in [-0.2, 0) is 28.4 Å². The number of hydrogen-bond donors (Lipinski definition) is 0. The smallest absolute Gasteiger partial charge is 0.246 e. The minimum atomic E-state index is -3.61. The lowest BCUT2D eigenvalue weighted by Gasteiger charge is -2.34. The minimum Gasteiger partial charge on any atom is -0.338 e. The van der Waals surface area contributed by atoms with Gasteiger partial charge in [0.05, 0.1) is 28.3 Å². The molecule has 148 valence electrons. The van der Waals surface area contributed by atoms with Crippen molar-refractivity contribution in [3.05, 3.63) is 28.3 Å². The van der Waals surface area contributed by atoms with Crippen molar-refractivity contribution >= 4 is 27.5 Å². The molecular weight excluding hydrogens is 392 g/mol. The third kappa shape index (κ3) is 3.61. The van der Waals surface area contributed by atoms with Crippen LogP contribution in [0.1, 0.15) is 17.1 Å². The van der Waals surface area contributed by atoms with Crippen molar-refractivity contribution in [2.75, 3.05) is 26.2 Å². The topological polar surface area (TPSA) is 93.3 Å². The number of piperazine rings is 1. The fourth-order valence-electron chi connectivity index (χ4n) is 3.11. The van der Waals surface area contributed by atoms with Gasteiger partial charge in [0.25, 0.3) is 0 Å². The number of aromatic nitrogens is 4. The van der Waals surface area contributed by atoms with Crippen LogP contribution in [-0.4, -0.2) is 69.3 Å². The van der Waals surface area contributed by atoms with Gasteiger partial charge in [-0.2, -0.15) is 14.5 Å². The Hall–Kier alpha value is -1.91. The van der Waals surface area contributed by atoms with Crippen molar-refractivity contribution < 1.29 is 13.2 Å². The Kier molecular flexibility index (Phi) is 5.33. The Labute approximate surface area is 163 Å². The van der Waals surface area contributed by atoms with Crippen LogP contribution >= 0.6 is 11.6 Å². The first kappa shape index (κ1) is 19.8. The van der Waals surface area contributed by atoms with Gasteiger partial charge >= 0.3 is 0 Å². The Morgan fingerprint density at radius 1 is 1.15 bits per heavy atom. The maximum Gasteiger partial charge on any atom is 0.246 e. The second-order valence-corrected chi connectivity index (χ2v) is 8.93. The van der Waals surface area contributed by atoms with Crippen LogP contribution in [0.25, 0.3) is 0 Å². The highest BCUT2D eigenvalue weighted by molar-refractivity contribution is 7.89. The number of nitrogens with zero attached hydrogens (tertiary/aromatic N) is 6. The maximum absolute atomic E-state index is 12.8. The second kappa shape index (κ2) is 7.25. The van der Waals surface area contributed by atoms with Crippen LogP contribution in [0, 0.1) is 20.8 Å². The summed E-state index contributed by atoms with van der Waals surface area (Å²) in [6.45, 7) is 6.60. The Balaban J connectivity index is 1.65. The minimum absolute atomic E-state index is 0.0911. The summed E-state index contributed by atoms with van der Waals surface area (Å²) in [4.78, 5) is 14.4. The summed E-state index contributed by atoms with van der Waals surface area (Å²) >= 11 is 6.12. The van der Waals surface area contributed by atoms with E-state index in [1.165, 1.54) is 15.2 Å². The molecule has 0 atom stereocenters. The highest BCUT2D eigenvalue weighted by Gasteiger charge is 2.32. The molecule has 0 radical (unpaired) electrons. The van der Waals surface area contributed by atoms with E-state index in [1.807, 2.05) is 6.92 Å². The van der Waals surface area contributed by atoms with Crippen molar-refractivity contribution in [1.82, 2.24) is 28.8 Å². The van der Waals surface area contributed by atoms with Gasteiger partial charge in [0.15, 0.2) is 0 Å². The Morgan fingerprint density at radius 3 is 2.26 bits per heavy atom. The molecule has 1 aliphatic heterocycles. The number of sulfonamides is 1. The number of carbonyl (C=O) groups excluding carboxylic acids is 1. The maximum atomic E-state index is 12.8. The van der Waals surface area contributed by atoms with Crippen LogP contribution < -0.4 is 0 Å². The molecule has 3 heterocycles. The molecule has 0 spiro atoms. The van der Waals surface area contributed by atoms with Gasteiger partial charge < -0.3 is 4.90 Å². The van der Waals surface area contributed by atoms with Gasteiger partial charge in [-0.05, 0) is 20.8 Å². The van der Waals surface area contributed by atoms with Crippen molar-refractivity contribution in [3.63, 3.8) is 0 Å². The predicted molar refractivity (Wildman–Crippen MR) is 100.0 cm³/mol. The molecule has 27 heavy (non-hydrogen) atoms. The molecule has 0 unspecified atom stereocenters. The zero-order chi connectivity index (χ0) is 19.9. The summed E-state index contributed by atoms with van der Waals surface area (Å²) in [5.41, 5.74) is 2.02. The molecule has 0 aliphatic carbocycles. The third-order valence-corrected chi connectivity index (χ3v) is 7.53. The molecule has 3 rings (SSSR count). The van der Waals surface area contributed by atoms with E-state index in [0.29, 0.717) is 29.5 Å². The van der Waals surface area contributed by atoms with E-state index in [4.69, 9.17) is 11.6 Å². The lowest BCUT2D eigenvalue weighted by molar-refractivity contribution is -0.133. The summed E-state index contributed by atoms with van der Waals surface area (Å²) in [6, 6.07) is 0. The highest BCUT2D eigenvalue weighted by atomic mass is 35.5. The van der Waals surface area contributed by atoms with E-state index in [2.05, 4.69) is 10.2 Å². The van der Waals surface area contributed by atoms with Crippen LogP contribution in [0.2, 0.25) is 5.02 Å². The van der Waals surface area contributed by atoms with Gasteiger partial charge in [0.1, 0.15) is 11.4 Å². The first-order chi connectivity index (χ1) is 12.6. The van der Waals surface area contributed by atoms with Crippen LogP contribution in [0.15, 0.2) is 11.1 Å². The van der Waals surface area contributed by atoms with Gasteiger partial charge in [0, 0.05) is 33.2 Å². The zero-order valence-corrected chi connectivity index (χ0v) is 17.4. The van der Waals surface area contributed by atoms with Crippen LogP contribution in [0.3, 0.4) is 0 Å². The van der Waals surface area contributed by atoms with E-state index < -0.39 is 10.0 Å². The van der Waals surface area contributed by atoms with E-state index in [0.717, 1.165) is 5.69 Å². The first-order valence-electron chi connectivity index (χ1n) is 8.59. The van der Waals surface area contributed by atoms with Crippen molar-refractivity contribution in [3.8, 4) is 0 Å². The van der Waals surface area contributed by atoms with Crippen LogP contribution in [0.5, 0.6) is 0 Å². The fraction of sp³-hybridized carbons (Fsp3) is 0.562. The summed E-state index contributed by atoms with van der Waals surface area (Å²) in [5, 5.41) is 8.84. The number of amides is 1. The summed E-state index contributed by atoms with van der Waals surface area (Å²) in [5.74, 6) is -0.105. The van der Waals surface area contributed by atoms with Gasteiger partial charge in [-0.15, -0.1) is 0 Å². The molecule has 0 N–H and O–H groups in total. The van der Waals surface area contributed by atoms with E-state index >= 15 is 0 Å². The van der Waals surface area contributed by atoms with Crippen molar-refractivity contribution in [2.24, 2.45) is 7.05 Å². The number of aryl methyl sites for hydroxylation is 2. The second-order valence-electron chi connectivity index (χ2n) is 6.65. The largest absolute Gasteiger partial charge is 0.338 e. The Bertz CT molecular complexity index is 973. The molecule has 0 saturated carbocycles. The lowest BCUT2D eigenvalue weighted by atomic mass is 10.3. The van der Waals surface area contributed by atoms with Crippen molar-refractivity contribution in [1.29, 1.82) is 0 Å². The average Bonchev–Trinajstić information content (AvgIpc) is 3.10. The predicted octanol–water partition coefficient (Wildman–Crippen LogP) is 0.728. The Morgan fingerprint density at radius 2 is 1.78 bits per heavy atom. The summed E-state index contributed by atoms with van der Waals surface area (Å²) < 4.78 is 30.2. The van der Waals surface area contributed by atoms with Gasteiger partial charge in [0.2, 0.25) is 15.9 Å². The molecule has 1 saturated heterocycles. The molecule has 0 bridgehead atoms.